The maximum absolute atomic E-state index is 13.4. The van der Waals surface area contributed by atoms with Gasteiger partial charge in [0.15, 0.2) is 6.10 Å². The molecule has 9 nitrogen and oxygen atoms in total. The van der Waals surface area contributed by atoms with Crippen LogP contribution < -0.4 is 20.7 Å². The molecule has 0 saturated heterocycles. The van der Waals surface area contributed by atoms with Crippen LogP contribution in [0.15, 0.2) is 72.9 Å². The monoisotopic (exact) mass is 532 g/mol. The number of carbonyl (C=O) groups is 4. The zero-order valence-electron chi connectivity index (χ0n) is 21.4. The number of amides is 3. The highest BCUT2D eigenvalue weighted by molar-refractivity contribution is 6.38. The van der Waals surface area contributed by atoms with Crippen molar-refractivity contribution in [2.24, 2.45) is 0 Å². The van der Waals surface area contributed by atoms with E-state index in [0.717, 1.165) is 5.56 Å². The number of fused-ring (bicyclic) bond motifs is 1. The lowest BCUT2D eigenvalue weighted by Crippen LogP contribution is -2.55. The Kier molecular flexibility index (Phi) is 8.98. The molecule has 4 rings (SSSR count). The largest absolute Gasteiger partial charge is 0.480 e. The molecule has 0 radical (unpaired) electrons. The summed E-state index contributed by atoms with van der Waals surface area (Å²) in [5.74, 6) is -2.77. The van der Waals surface area contributed by atoms with E-state index in [1.807, 2.05) is 6.07 Å². The number of halogens is 1. The van der Waals surface area contributed by atoms with Gasteiger partial charge >= 0.3 is 0 Å². The van der Waals surface area contributed by atoms with Crippen molar-refractivity contribution >= 4 is 23.5 Å². The van der Waals surface area contributed by atoms with Crippen molar-refractivity contribution in [2.45, 2.75) is 50.9 Å². The average molecular weight is 533 g/mol. The van der Waals surface area contributed by atoms with Gasteiger partial charge in [0, 0.05) is 12.6 Å². The molecule has 0 bridgehead atoms. The number of hydrogen-bond acceptors (Lipinski definition) is 6. The molecule has 0 fully saturated rings. The van der Waals surface area contributed by atoms with Crippen LogP contribution in [0.25, 0.3) is 0 Å². The number of nitrogens with one attached hydrogen (secondary N) is 3. The van der Waals surface area contributed by atoms with Gasteiger partial charge in [-0.15, -0.1) is 0 Å². The predicted molar refractivity (Wildman–Crippen MR) is 140 cm³/mol. The molecule has 0 spiro atoms. The molecule has 3 aromatic rings. The lowest BCUT2D eigenvalue weighted by atomic mass is 10.0. The Bertz CT molecular complexity index is 1340. The van der Waals surface area contributed by atoms with E-state index in [-0.39, 0.29) is 18.8 Å². The standard InChI is InChI=1S/C29H29FN4O5/c1-18(33-28(37)25-12-10-20-16-21(30)11-13-24(20)39-25)27(36)34-23(15-19-7-3-2-4-8-19)26(35)29(38)32-17-22-9-5-6-14-31-22/h2-9,11,13-14,16,18,23,25H,10,12,15,17H2,1H3,(H,32,38)(H,33,37)(H,34,36)/t18-,23-,25?/m1/s1. The number of benzene rings is 2. The number of aromatic nitrogens is 1. The predicted octanol–water partition coefficient (Wildman–Crippen LogP) is 2.03. The molecule has 1 aliphatic rings. The van der Waals surface area contributed by atoms with Crippen LogP contribution >= 0.6 is 0 Å². The Balaban J connectivity index is 1.37. The van der Waals surface area contributed by atoms with Gasteiger partial charge in [-0.2, -0.15) is 0 Å². The molecule has 202 valence electrons. The summed E-state index contributed by atoms with van der Waals surface area (Å²) < 4.78 is 19.1. The second-order valence-electron chi connectivity index (χ2n) is 9.25. The molecule has 0 aliphatic carbocycles. The average Bonchev–Trinajstić information content (AvgIpc) is 2.95. The van der Waals surface area contributed by atoms with Gasteiger partial charge in [-0.25, -0.2) is 4.39 Å². The van der Waals surface area contributed by atoms with Crippen molar-refractivity contribution in [2.75, 3.05) is 0 Å². The summed E-state index contributed by atoms with van der Waals surface area (Å²) in [4.78, 5) is 55.6. The quantitative estimate of drug-likeness (QED) is 0.343. The van der Waals surface area contributed by atoms with Crippen LogP contribution in [0.3, 0.4) is 0 Å². The van der Waals surface area contributed by atoms with Crippen molar-refractivity contribution in [3.63, 3.8) is 0 Å². The Labute approximate surface area is 225 Å². The summed E-state index contributed by atoms with van der Waals surface area (Å²) in [6.07, 6.45) is 1.59. The summed E-state index contributed by atoms with van der Waals surface area (Å²) in [7, 11) is 0. The van der Waals surface area contributed by atoms with Crippen LogP contribution in [0, 0.1) is 5.82 Å². The fraction of sp³-hybridized carbons (Fsp3) is 0.276. The third-order valence-corrected chi connectivity index (χ3v) is 6.31. The first kappa shape index (κ1) is 27.4. The molecule has 10 heteroatoms. The molecule has 3 atom stereocenters. The Hall–Kier alpha value is -4.60. The normalized spacial score (nSPS) is 15.6. The van der Waals surface area contributed by atoms with Crippen LogP contribution in [-0.2, 0) is 38.6 Å². The summed E-state index contributed by atoms with van der Waals surface area (Å²) >= 11 is 0. The number of rotatable bonds is 10. The topological polar surface area (TPSA) is 126 Å². The van der Waals surface area contributed by atoms with E-state index < -0.39 is 41.7 Å². The minimum absolute atomic E-state index is 0.0566. The molecule has 3 amide bonds. The van der Waals surface area contributed by atoms with E-state index in [0.29, 0.717) is 29.8 Å². The second kappa shape index (κ2) is 12.8. The van der Waals surface area contributed by atoms with E-state index in [1.54, 1.807) is 48.7 Å². The molecule has 1 unspecified atom stereocenters. The summed E-state index contributed by atoms with van der Waals surface area (Å²) in [6.45, 7) is 1.53. The summed E-state index contributed by atoms with van der Waals surface area (Å²) in [5.41, 5.74) is 2.00. The fourth-order valence-corrected chi connectivity index (χ4v) is 4.19. The van der Waals surface area contributed by atoms with Gasteiger partial charge in [0.2, 0.25) is 11.7 Å². The van der Waals surface area contributed by atoms with Gasteiger partial charge in [0.05, 0.1) is 12.2 Å². The highest BCUT2D eigenvalue weighted by Gasteiger charge is 2.31. The van der Waals surface area contributed by atoms with Crippen molar-refractivity contribution < 1.29 is 28.3 Å². The van der Waals surface area contributed by atoms with Gasteiger partial charge in [-0.05, 0) is 61.2 Å². The Morgan fingerprint density at radius 3 is 2.54 bits per heavy atom. The molecule has 2 heterocycles. The van der Waals surface area contributed by atoms with Gasteiger partial charge < -0.3 is 20.7 Å². The molecule has 3 N–H and O–H groups in total. The zero-order valence-corrected chi connectivity index (χ0v) is 21.4. The number of nitrogens with zero attached hydrogens (tertiary/aromatic N) is 1. The highest BCUT2D eigenvalue weighted by atomic mass is 19.1. The van der Waals surface area contributed by atoms with Gasteiger partial charge in [-0.1, -0.05) is 36.4 Å². The molecular weight excluding hydrogens is 503 g/mol. The molecule has 39 heavy (non-hydrogen) atoms. The molecule has 1 aliphatic heterocycles. The van der Waals surface area contributed by atoms with Crippen LogP contribution in [0.4, 0.5) is 4.39 Å². The zero-order chi connectivity index (χ0) is 27.8. The number of ketones is 1. The molecule has 1 aromatic heterocycles. The smallest absolute Gasteiger partial charge is 0.289 e. The van der Waals surface area contributed by atoms with E-state index in [2.05, 4.69) is 20.9 Å². The number of pyridine rings is 1. The van der Waals surface area contributed by atoms with Gasteiger partial charge in [0.25, 0.3) is 11.8 Å². The van der Waals surface area contributed by atoms with Crippen LogP contribution in [0.5, 0.6) is 5.75 Å². The minimum Gasteiger partial charge on any atom is -0.480 e. The number of ether oxygens (including phenoxy) is 1. The Morgan fingerprint density at radius 1 is 1.03 bits per heavy atom. The van der Waals surface area contributed by atoms with E-state index in [4.69, 9.17) is 4.74 Å². The van der Waals surface area contributed by atoms with E-state index >= 15 is 0 Å². The second-order valence-corrected chi connectivity index (χ2v) is 9.25. The van der Waals surface area contributed by atoms with Gasteiger partial charge in [-0.3, -0.25) is 24.2 Å². The highest BCUT2D eigenvalue weighted by Crippen LogP contribution is 2.28. The maximum atomic E-state index is 13.4. The first-order valence-corrected chi connectivity index (χ1v) is 12.6. The number of carbonyl (C=O) groups excluding carboxylic acids is 4. The number of hydrogen-bond donors (Lipinski definition) is 3. The third kappa shape index (κ3) is 7.47. The fourth-order valence-electron chi connectivity index (χ4n) is 4.19. The summed E-state index contributed by atoms with van der Waals surface area (Å²) in [6, 6.07) is 16.1. The van der Waals surface area contributed by atoms with Crippen LogP contribution in [-0.4, -0.2) is 46.7 Å². The first-order valence-electron chi connectivity index (χ1n) is 12.6. The van der Waals surface area contributed by atoms with E-state index in [9.17, 15) is 23.6 Å². The van der Waals surface area contributed by atoms with Crippen LogP contribution in [0.2, 0.25) is 0 Å². The van der Waals surface area contributed by atoms with Crippen molar-refractivity contribution in [3.05, 3.63) is 95.6 Å². The maximum Gasteiger partial charge on any atom is 0.289 e. The summed E-state index contributed by atoms with van der Waals surface area (Å²) in [5, 5.41) is 7.76. The third-order valence-electron chi connectivity index (χ3n) is 6.31. The van der Waals surface area contributed by atoms with Crippen molar-refractivity contribution in [1.82, 2.24) is 20.9 Å². The number of aryl methyl sites for hydroxylation is 1. The van der Waals surface area contributed by atoms with Crippen molar-refractivity contribution in [3.8, 4) is 5.75 Å². The van der Waals surface area contributed by atoms with Crippen LogP contribution in [0.1, 0.15) is 30.2 Å². The SMILES string of the molecule is C[C@@H](NC(=O)C1CCc2cc(F)ccc2O1)C(=O)N[C@H](Cc1ccccc1)C(=O)C(=O)NCc1ccccn1. The molecule has 0 saturated carbocycles. The molecule has 2 aromatic carbocycles. The minimum atomic E-state index is -1.16. The Morgan fingerprint density at radius 2 is 1.79 bits per heavy atom. The lowest BCUT2D eigenvalue weighted by molar-refractivity contribution is -0.140. The number of Topliss-reactive ketones (excluding diaryl/α,β-unsaturated/α-hetero) is 1. The lowest BCUT2D eigenvalue weighted by Gasteiger charge is -2.27. The van der Waals surface area contributed by atoms with Crippen molar-refractivity contribution in [1.29, 1.82) is 0 Å². The molecular formula is C29H29FN4O5. The van der Waals surface area contributed by atoms with E-state index in [1.165, 1.54) is 25.1 Å². The first-order chi connectivity index (χ1) is 18.8. The van der Waals surface area contributed by atoms with Gasteiger partial charge in [0.1, 0.15) is 23.7 Å².